The third-order valence-corrected chi connectivity index (χ3v) is 7.70. The zero-order valence-corrected chi connectivity index (χ0v) is 22.5. The number of halogens is 2. The maximum Gasteiger partial charge on any atom is 0.244 e. The summed E-state index contributed by atoms with van der Waals surface area (Å²) in [5.74, 6) is -0.767. The number of anilines is 1. The number of benzene rings is 2. The lowest BCUT2D eigenvalue weighted by atomic mass is 10.1. The molecule has 0 saturated heterocycles. The molecule has 1 aliphatic carbocycles. The summed E-state index contributed by atoms with van der Waals surface area (Å²) in [4.78, 5) is 28.1. The Balaban J connectivity index is 1.90. The largest absolute Gasteiger partial charge is 0.352 e. The van der Waals surface area contributed by atoms with Gasteiger partial charge in [0, 0.05) is 22.6 Å². The fourth-order valence-corrected chi connectivity index (χ4v) is 5.63. The fourth-order valence-electron chi connectivity index (χ4n) is 4.28. The quantitative estimate of drug-likeness (QED) is 0.506. The van der Waals surface area contributed by atoms with Crippen LogP contribution in [0.1, 0.15) is 43.7 Å². The smallest absolute Gasteiger partial charge is 0.244 e. The minimum Gasteiger partial charge on any atom is -0.352 e. The van der Waals surface area contributed by atoms with E-state index in [1.54, 1.807) is 6.92 Å². The number of aryl methyl sites for hydroxylation is 1. The van der Waals surface area contributed by atoms with Gasteiger partial charge in [-0.05, 0) is 50.5 Å². The molecule has 0 unspecified atom stereocenters. The van der Waals surface area contributed by atoms with Crippen molar-refractivity contribution in [2.24, 2.45) is 0 Å². The Labute approximate surface area is 217 Å². The van der Waals surface area contributed by atoms with Crippen LogP contribution in [0.3, 0.4) is 0 Å². The number of amides is 2. The van der Waals surface area contributed by atoms with E-state index in [4.69, 9.17) is 23.2 Å². The minimum absolute atomic E-state index is 0.0991. The Hall–Kier alpha value is -2.29. The molecule has 1 N–H and O–H groups in total. The Morgan fingerprint density at radius 1 is 1.09 bits per heavy atom. The molecule has 1 saturated carbocycles. The highest BCUT2D eigenvalue weighted by Gasteiger charge is 2.31. The molecule has 0 bridgehead atoms. The van der Waals surface area contributed by atoms with E-state index in [0.717, 1.165) is 47.4 Å². The van der Waals surface area contributed by atoms with Crippen molar-refractivity contribution in [2.45, 2.75) is 58.2 Å². The Bertz CT molecular complexity index is 1160. The molecule has 1 fully saturated rings. The second kappa shape index (κ2) is 11.6. The molecule has 0 heterocycles. The van der Waals surface area contributed by atoms with E-state index in [1.165, 1.54) is 23.1 Å². The lowest BCUT2D eigenvalue weighted by Crippen LogP contribution is -2.52. The van der Waals surface area contributed by atoms with Gasteiger partial charge >= 0.3 is 0 Å². The summed E-state index contributed by atoms with van der Waals surface area (Å²) in [7, 11) is -3.86. The monoisotopic (exact) mass is 539 g/mol. The highest BCUT2D eigenvalue weighted by Crippen LogP contribution is 2.27. The molecule has 2 aromatic carbocycles. The number of nitrogens with zero attached hydrogens (tertiary/aromatic N) is 2. The van der Waals surface area contributed by atoms with Crippen molar-refractivity contribution < 1.29 is 18.0 Å². The highest BCUT2D eigenvalue weighted by molar-refractivity contribution is 7.92. The van der Waals surface area contributed by atoms with Gasteiger partial charge < -0.3 is 10.2 Å². The Morgan fingerprint density at radius 2 is 1.71 bits per heavy atom. The number of carbonyl (C=O) groups is 2. The van der Waals surface area contributed by atoms with Crippen LogP contribution < -0.4 is 9.62 Å². The summed E-state index contributed by atoms with van der Waals surface area (Å²) in [5, 5.41) is 3.53. The molecule has 7 nitrogen and oxygen atoms in total. The average molecular weight is 541 g/mol. The third kappa shape index (κ3) is 7.59. The molecule has 3 rings (SSSR count). The van der Waals surface area contributed by atoms with Gasteiger partial charge in [0.25, 0.3) is 0 Å². The van der Waals surface area contributed by atoms with Gasteiger partial charge in [0.05, 0.1) is 11.9 Å². The molecule has 1 aliphatic rings. The summed E-state index contributed by atoms with van der Waals surface area (Å²) >= 11 is 12.2. The fraction of sp³-hybridized carbons (Fsp3) is 0.440. The molecule has 0 aromatic heterocycles. The number of hydrogen-bond donors (Lipinski definition) is 1. The van der Waals surface area contributed by atoms with Crippen LogP contribution in [0.25, 0.3) is 0 Å². The number of hydrogen-bond acceptors (Lipinski definition) is 4. The number of nitrogens with one attached hydrogen (secondary N) is 1. The van der Waals surface area contributed by atoms with Gasteiger partial charge in [0.2, 0.25) is 21.8 Å². The first-order valence-corrected chi connectivity index (χ1v) is 14.1. The van der Waals surface area contributed by atoms with Gasteiger partial charge in [-0.25, -0.2) is 8.42 Å². The molecule has 0 aliphatic heterocycles. The second-order valence-electron chi connectivity index (χ2n) is 9.07. The Kier molecular flexibility index (Phi) is 9.07. The minimum atomic E-state index is -3.86. The molecule has 190 valence electrons. The summed E-state index contributed by atoms with van der Waals surface area (Å²) in [6.45, 7) is 3.27. The predicted molar refractivity (Wildman–Crippen MR) is 140 cm³/mol. The van der Waals surface area contributed by atoms with E-state index in [0.29, 0.717) is 0 Å². The van der Waals surface area contributed by atoms with Gasteiger partial charge in [0.15, 0.2) is 0 Å². The molecule has 0 spiro atoms. The van der Waals surface area contributed by atoms with E-state index < -0.39 is 28.5 Å². The van der Waals surface area contributed by atoms with E-state index >= 15 is 0 Å². The molecular formula is C25H31Cl2N3O4S. The third-order valence-electron chi connectivity index (χ3n) is 6.12. The van der Waals surface area contributed by atoms with E-state index in [-0.39, 0.29) is 34.2 Å². The van der Waals surface area contributed by atoms with Gasteiger partial charge in [0.1, 0.15) is 12.6 Å². The van der Waals surface area contributed by atoms with Gasteiger partial charge in [-0.2, -0.15) is 0 Å². The normalized spacial score (nSPS) is 15.0. The van der Waals surface area contributed by atoms with Gasteiger partial charge in [-0.3, -0.25) is 13.9 Å². The summed E-state index contributed by atoms with van der Waals surface area (Å²) in [6.07, 6.45) is 4.98. The number of sulfonamides is 1. The van der Waals surface area contributed by atoms with Crippen molar-refractivity contribution in [3.63, 3.8) is 0 Å². The van der Waals surface area contributed by atoms with Crippen LogP contribution in [-0.4, -0.2) is 50.0 Å². The van der Waals surface area contributed by atoms with E-state index in [9.17, 15) is 18.0 Å². The van der Waals surface area contributed by atoms with Crippen LogP contribution in [0.15, 0.2) is 42.5 Å². The van der Waals surface area contributed by atoms with Crippen LogP contribution in [0.4, 0.5) is 5.69 Å². The summed E-state index contributed by atoms with van der Waals surface area (Å²) < 4.78 is 26.2. The SMILES string of the molecule is Cc1cccc(CN(C(=O)CN(c2cc(Cl)cc(Cl)c2)S(C)(=O)=O)[C@@H](C)C(=O)NC2CCCC2)c1. The average Bonchev–Trinajstić information content (AvgIpc) is 3.26. The Morgan fingerprint density at radius 3 is 2.29 bits per heavy atom. The maximum absolute atomic E-state index is 13.6. The van der Waals surface area contributed by atoms with E-state index in [2.05, 4.69) is 5.32 Å². The van der Waals surface area contributed by atoms with Crippen LogP contribution in [0, 0.1) is 6.92 Å². The van der Waals surface area contributed by atoms with E-state index in [1.807, 2.05) is 31.2 Å². The zero-order chi connectivity index (χ0) is 25.8. The first-order valence-electron chi connectivity index (χ1n) is 11.5. The molecule has 35 heavy (non-hydrogen) atoms. The lowest BCUT2D eigenvalue weighted by molar-refractivity contribution is -0.139. The molecule has 2 amide bonds. The summed E-state index contributed by atoms with van der Waals surface area (Å²) in [6, 6.07) is 11.3. The molecule has 0 radical (unpaired) electrons. The standard InChI is InChI=1S/C25H31Cl2N3O4S/c1-17-7-6-8-19(11-17)15-29(18(2)25(32)28-22-9-4-5-10-22)24(31)16-30(35(3,33)34)23-13-20(26)12-21(27)14-23/h6-8,11-14,18,22H,4-5,9-10,15-16H2,1-3H3,(H,28,32)/t18-/m0/s1. The van der Waals surface area contributed by atoms with Gasteiger partial charge in [-0.1, -0.05) is 65.9 Å². The zero-order valence-electron chi connectivity index (χ0n) is 20.1. The second-order valence-corrected chi connectivity index (χ2v) is 11.9. The summed E-state index contributed by atoms with van der Waals surface area (Å²) in [5.41, 5.74) is 2.04. The van der Waals surface area contributed by atoms with Crippen LogP contribution in [0.5, 0.6) is 0 Å². The topological polar surface area (TPSA) is 86.8 Å². The number of carbonyl (C=O) groups excluding carboxylic acids is 2. The lowest BCUT2D eigenvalue weighted by Gasteiger charge is -2.32. The van der Waals surface area contributed by atoms with Gasteiger partial charge in [-0.15, -0.1) is 0 Å². The van der Waals surface area contributed by atoms with Crippen LogP contribution >= 0.6 is 23.2 Å². The van der Waals surface area contributed by atoms with Crippen LogP contribution in [0.2, 0.25) is 10.0 Å². The van der Waals surface area contributed by atoms with Crippen molar-refractivity contribution in [2.75, 3.05) is 17.1 Å². The van der Waals surface area contributed by atoms with Crippen molar-refractivity contribution in [1.29, 1.82) is 0 Å². The molecule has 10 heteroatoms. The first kappa shape index (κ1) is 27.3. The molecular weight excluding hydrogens is 509 g/mol. The maximum atomic E-state index is 13.6. The van der Waals surface area contributed by atoms with Crippen molar-refractivity contribution in [3.8, 4) is 0 Å². The highest BCUT2D eigenvalue weighted by atomic mass is 35.5. The first-order chi connectivity index (χ1) is 16.4. The molecule has 1 atom stereocenters. The number of rotatable bonds is 9. The van der Waals surface area contributed by atoms with Crippen LogP contribution in [-0.2, 0) is 26.2 Å². The van der Waals surface area contributed by atoms with Crippen molar-refractivity contribution >= 4 is 50.7 Å². The van der Waals surface area contributed by atoms with Crippen molar-refractivity contribution in [3.05, 3.63) is 63.6 Å². The van der Waals surface area contributed by atoms with Crippen molar-refractivity contribution in [1.82, 2.24) is 10.2 Å². The predicted octanol–water partition coefficient (Wildman–Crippen LogP) is 4.54. The molecule has 2 aromatic rings.